The minimum Gasteiger partial charge on any atom is -0.390 e. The molecule has 6 heteroatoms. The molecule has 0 aliphatic carbocycles. The van der Waals surface area contributed by atoms with Gasteiger partial charge < -0.3 is 4.84 Å². The zero-order chi connectivity index (χ0) is 17.1. The third-order valence-corrected chi connectivity index (χ3v) is 4.25. The largest absolute Gasteiger partial charge is 0.390 e. The van der Waals surface area contributed by atoms with E-state index in [0.717, 1.165) is 41.1 Å². The molecule has 1 aliphatic heterocycles. The summed E-state index contributed by atoms with van der Waals surface area (Å²) < 4.78 is 1.92. The van der Waals surface area contributed by atoms with Crippen LogP contribution in [-0.4, -0.2) is 31.6 Å². The fourth-order valence-electron chi connectivity index (χ4n) is 2.91. The lowest BCUT2D eigenvalue weighted by Gasteiger charge is -2.08. The van der Waals surface area contributed by atoms with Crippen LogP contribution in [0.2, 0.25) is 0 Å². The molecule has 6 nitrogen and oxygen atoms in total. The minimum atomic E-state index is 0.0774. The molecule has 0 spiro atoms. The molecular weight excluding hydrogens is 314 g/mol. The third kappa shape index (κ3) is 3.42. The van der Waals surface area contributed by atoms with E-state index in [9.17, 15) is 0 Å². The zero-order valence-corrected chi connectivity index (χ0v) is 14.0. The molecule has 2 aromatic heterocycles. The number of aromatic nitrogens is 4. The second-order valence-corrected chi connectivity index (χ2v) is 6.04. The summed E-state index contributed by atoms with van der Waals surface area (Å²) >= 11 is 0. The summed E-state index contributed by atoms with van der Waals surface area (Å²) in [4.78, 5) is 14.0. The van der Waals surface area contributed by atoms with E-state index in [1.165, 1.54) is 0 Å². The maximum atomic E-state index is 5.46. The van der Waals surface area contributed by atoms with Crippen LogP contribution in [0.15, 0.2) is 60.3 Å². The summed E-state index contributed by atoms with van der Waals surface area (Å²) in [5.41, 5.74) is 4.99. The van der Waals surface area contributed by atoms with E-state index in [0.29, 0.717) is 6.54 Å². The van der Waals surface area contributed by atoms with Crippen LogP contribution in [0.25, 0.3) is 22.5 Å². The van der Waals surface area contributed by atoms with Gasteiger partial charge in [0.15, 0.2) is 6.10 Å². The van der Waals surface area contributed by atoms with Crippen LogP contribution in [0.4, 0.5) is 0 Å². The summed E-state index contributed by atoms with van der Waals surface area (Å²) in [6.07, 6.45) is 9.02. The van der Waals surface area contributed by atoms with Gasteiger partial charge in [-0.05, 0) is 18.6 Å². The second-order valence-electron chi connectivity index (χ2n) is 6.04. The molecule has 0 saturated heterocycles. The van der Waals surface area contributed by atoms with Crippen LogP contribution in [0, 0.1) is 0 Å². The molecule has 0 radical (unpaired) electrons. The fourth-order valence-corrected chi connectivity index (χ4v) is 2.91. The normalized spacial score (nSPS) is 16.5. The summed E-state index contributed by atoms with van der Waals surface area (Å²) in [5, 5.41) is 8.78. The molecule has 1 aliphatic rings. The van der Waals surface area contributed by atoms with Crippen molar-refractivity contribution in [2.45, 2.75) is 32.4 Å². The Labute approximate surface area is 146 Å². The molecule has 126 valence electrons. The van der Waals surface area contributed by atoms with Crippen molar-refractivity contribution in [1.82, 2.24) is 19.7 Å². The van der Waals surface area contributed by atoms with E-state index >= 15 is 0 Å². The monoisotopic (exact) mass is 333 g/mol. The van der Waals surface area contributed by atoms with E-state index in [1.807, 2.05) is 29.1 Å². The molecule has 4 rings (SSSR count). The molecule has 0 bridgehead atoms. The highest BCUT2D eigenvalue weighted by Crippen LogP contribution is 2.24. The topological polar surface area (TPSA) is 65.2 Å². The molecule has 25 heavy (non-hydrogen) atoms. The Hall–Kier alpha value is -3.02. The molecule has 0 saturated carbocycles. The maximum absolute atomic E-state index is 5.46. The smallest absolute Gasteiger partial charge is 0.152 e. The highest BCUT2D eigenvalue weighted by molar-refractivity contribution is 5.85. The summed E-state index contributed by atoms with van der Waals surface area (Å²) in [6.45, 7) is 2.80. The van der Waals surface area contributed by atoms with Gasteiger partial charge in [0.25, 0.3) is 0 Å². The van der Waals surface area contributed by atoms with Gasteiger partial charge in [-0.2, -0.15) is 5.10 Å². The third-order valence-electron chi connectivity index (χ3n) is 4.25. The van der Waals surface area contributed by atoms with Gasteiger partial charge in [0.05, 0.1) is 29.8 Å². The molecule has 0 fully saturated rings. The van der Waals surface area contributed by atoms with Crippen LogP contribution >= 0.6 is 0 Å². The molecular formula is C19H19N5O. The van der Waals surface area contributed by atoms with Crippen LogP contribution in [0.1, 0.15) is 19.8 Å². The quantitative estimate of drug-likeness (QED) is 0.716. The number of rotatable bonds is 5. The van der Waals surface area contributed by atoms with E-state index in [1.54, 1.807) is 18.6 Å². The number of hydrogen-bond acceptors (Lipinski definition) is 5. The molecule has 1 atom stereocenters. The van der Waals surface area contributed by atoms with E-state index in [-0.39, 0.29) is 6.10 Å². The molecule has 0 amide bonds. The SMILES string of the molecule is CCC1=NO[C@@H](Cn2ccc(-c3cccc(-c4cnccn4)c3)n2)C1. The van der Waals surface area contributed by atoms with Crippen molar-refractivity contribution >= 4 is 5.71 Å². The van der Waals surface area contributed by atoms with Gasteiger partial charge in [0, 0.05) is 36.1 Å². The first-order valence-corrected chi connectivity index (χ1v) is 8.43. The van der Waals surface area contributed by atoms with Crippen molar-refractivity contribution in [3.63, 3.8) is 0 Å². The Morgan fingerprint density at radius 1 is 1.16 bits per heavy atom. The first-order chi connectivity index (χ1) is 12.3. The van der Waals surface area contributed by atoms with E-state index in [4.69, 9.17) is 4.84 Å². The average Bonchev–Trinajstić information content (AvgIpc) is 3.32. The van der Waals surface area contributed by atoms with Crippen molar-refractivity contribution in [3.8, 4) is 22.5 Å². The van der Waals surface area contributed by atoms with Crippen molar-refractivity contribution in [3.05, 3.63) is 55.1 Å². The highest BCUT2D eigenvalue weighted by atomic mass is 16.6. The molecule has 0 unspecified atom stereocenters. The average molecular weight is 333 g/mol. The van der Waals surface area contributed by atoms with Gasteiger partial charge in [-0.1, -0.05) is 30.3 Å². The van der Waals surface area contributed by atoms with Crippen LogP contribution in [-0.2, 0) is 11.4 Å². The first kappa shape index (κ1) is 15.5. The Morgan fingerprint density at radius 2 is 2.04 bits per heavy atom. The number of nitrogens with zero attached hydrogens (tertiary/aromatic N) is 5. The number of oxime groups is 1. The van der Waals surface area contributed by atoms with Gasteiger partial charge >= 0.3 is 0 Å². The minimum absolute atomic E-state index is 0.0774. The lowest BCUT2D eigenvalue weighted by molar-refractivity contribution is 0.0698. The maximum Gasteiger partial charge on any atom is 0.152 e. The van der Waals surface area contributed by atoms with Gasteiger partial charge in [-0.3, -0.25) is 14.6 Å². The van der Waals surface area contributed by atoms with E-state index in [2.05, 4.69) is 39.3 Å². The number of hydrogen-bond donors (Lipinski definition) is 0. The van der Waals surface area contributed by atoms with Crippen molar-refractivity contribution in [1.29, 1.82) is 0 Å². The van der Waals surface area contributed by atoms with Crippen LogP contribution in [0.3, 0.4) is 0 Å². The van der Waals surface area contributed by atoms with E-state index < -0.39 is 0 Å². The molecule has 0 N–H and O–H groups in total. The Kier molecular flexibility index (Phi) is 4.24. The molecule has 3 heterocycles. The van der Waals surface area contributed by atoms with Crippen LogP contribution in [0.5, 0.6) is 0 Å². The Morgan fingerprint density at radius 3 is 2.80 bits per heavy atom. The molecule has 1 aromatic carbocycles. The predicted molar refractivity (Wildman–Crippen MR) is 95.9 cm³/mol. The summed E-state index contributed by atoms with van der Waals surface area (Å²) in [6, 6.07) is 10.2. The highest BCUT2D eigenvalue weighted by Gasteiger charge is 2.20. The second kappa shape index (κ2) is 6.84. The lowest BCUT2D eigenvalue weighted by Crippen LogP contribution is -2.16. The predicted octanol–water partition coefficient (Wildman–Crippen LogP) is 3.56. The van der Waals surface area contributed by atoms with Gasteiger partial charge in [-0.15, -0.1) is 0 Å². The number of benzene rings is 1. The Bertz CT molecular complexity index is 888. The standard InChI is InChI=1S/C19H19N5O/c1-2-16-11-17(25-23-16)13-24-9-6-18(22-24)14-4-3-5-15(10-14)19-12-20-7-8-21-19/h3-10,12,17H,2,11,13H2,1H3/t17-/m1/s1. The first-order valence-electron chi connectivity index (χ1n) is 8.43. The summed E-state index contributed by atoms with van der Waals surface area (Å²) in [7, 11) is 0. The van der Waals surface area contributed by atoms with Crippen LogP contribution < -0.4 is 0 Å². The van der Waals surface area contributed by atoms with Gasteiger partial charge in [0.2, 0.25) is 0 Å². The summed E-state index contributed by atoms with van der Waals surface area (Å²) in [5.74, 6) is 0. The fraction of sp³-hybridized carbons (Fsp3) is 0.263. The lowest BCUT2D eigenvalue weighted by atomic mass is 10.1. The molecule has 3 aromatic rings. The Balaban J connectivity index is 1.51. The van der Waals surface area contributed by atoms with Crippen molar-refractivity contribution in [2.24, 2.45) is 5.16 Å². The van der Waals surface area contributed by atoms with Gasteiger partial charge in [0.1, 0.15) is 0 Å². The van der Waals surface area contributed by atoms with Gasteiger partial charge in [-0.25, -0.2) is 0 Å². The zero-order valence-electron chi connectivity index (χ0n) is 14.0. The van der Waals surface area contributed by atoms with Crippen molar-refractivity contribution < 1.29 is 4.84 Å². The van der Waals surface area contributed by atoms with Crippen molar-refractivity contribution in [2.75, 3.05) is 0 Å².